The maximum absolute atomic E-state index is 5.21. The maximum Gasteiger partial charge on any atom is 0.141 e. The molecule has 2 aromatic heterocycles. The standard InChI is InChI=1S/C26H27N3/c1-6-29-25(22-9-7-17(2)8-10-22)24(21-11-13-27-14-12-21)28-26(29)23-19(4)15-18(3)16-20(23)5/h7-16H,6H2,1-5H3. The van der Waals surface area contributed by atoms with Gasteiger partial charge in [0, 0.05) is 35.6 Å². The quantitative estimate of drug-likeness (QED) is 0.402. The van der Waals surface area contributed by atoms with Crippen molar-refractivity contribution in [3.63, 3.8) is 0 Å². The van der Waals surface area contributed by atoms with E-state index in [0.29, 0.717) is 0 Å². The molecule has 0 N–H and O–H groups in total. The van der Waals surface area contributed by atoms with Gasteiger partial charge in [-0.05, 0) is 57.9 Å². The van der Waals surface area contributed by atoms with Crippen molar-refractivity contribution in [3.8, 4) is 33.9 Å². The maximum atomic E-state index is 5.21. The Bertz CT molecular complexity index is 1130. The van der Waals surface area contributed by atoms with E-state index in [0.717, 1.165) is 29.3 Å². The number of aromatic nitrogens is 3. The van der Waals surface area contributed by atoms with Crippen molar-refractivity contribution in [2.24, 2.45) is 0 Å². The van der Waals surface area contributed by atoms with Gasteiger partial charge in [0.2, 0.25) is 0 Å². The van der Waals surface area contributed by atoms with Gasteiger partial charge < -0.3 is 4.57 Å². The Labute approximate surface area is 173 Å². The largest absolute Gasteiger partial charge is 0.324 e. The molecule has 146 valence electrons. The fourth-order valence-electron chi connectivity index (χ4n) is 4.20. The third kappa shape index (κ3) is 3.49. The monoisotopic (exact) mass is 381 g/mol. The van der Waals surface area contributed by atoms with Crippen molar-refractivity contribution >= 4 is 0 Å². The van der Waals surface area contributed by atoms with Crippen molar-refractivity contribution in [1.29, 1.82) is 0 Å². The van der Waals surface area contributed by atoms with E-state index in [1.54, 1.807) is 0 Å². The van der Waals surface area contributed by atoms with Crippen LogP contribution >= 0.6 is 0 Å². The number of nitrogens with zero attached hydrogens (tertiary/aromatic N) is 3. The van der Waals surface area contributed by atoms with Gasteiger partial charge in [0.15, 0.2) is 0 Å². The first kappa shape index (κ1) is 19.1. The Morgan fingerprint density at radius 1 is 0.759 bits per heavy atom. The first-order valence-electron chi connectivity index (χ1n) is 10.2. The Hall–Kier alpha value is -3.20. The molecule has 0 aliphatic heterocycles. The Morgan fingerprint density at radius 3 is 1.97 bits per heavy atom. The first-order valence-corrected chi connectivity index (χ1v) is 10.2. The molecule has 0 aliphatic carbocycles. The van der Waals surface area contributed by atoms with Crippen LogP contribution < -0.4 is 0 Å². The average Bonchev–Trinajstić information content (AvgIpc) is 3.07. The summed E-state index contributed by atoms with van der Waals surface area (Å²) in [7, 11) is 0. The fourth-order valence-corrected chi connectivity index (χ4v) is 4.20. The minimum Gasteiger partial charge on any atom is -0.324 e. The van der Waals surface area contributed by atoms with E-state index in [9.17, 15) is 0 Å². The minimum atomic E-state index is 0.851. The molecule has 3 heteroatoms. The van der Waals surface area contributed by atoms with Gasteiger partial charge in [-0.15, -0.1) is 0 Å². The van der Waals surface area contributed by atoms with Crippen LogP contribution in [0, 0.1) is 27.7 Å². The number of hydrogen-bond acceptors (Lipinski definition) is 2. The van der Waals surface area contributed by atoms with Crippen molar-refractivity contribution in [2.45, 2.75) is 41.2 Å². The third-order valence-corrected chi connectivity index (χ3v) is 5.46. The molecule has 0 fully saturated rings. The highest BCUT2D eigenvalue weighted by Gasteiger charge is 2.22. The number of benzene rings is 2. The second-order valence-electron chi connectivity index (χ2n) is 7.75. The third-order valence-electron chi connectivity index (χ3n) is 5.46. The lowest BCUT2D eigenvalue weighted by molar-refractivity contribution is 0.777. The molecule has 0 atom stereocenters. The summed E-state index contributed by atoms with van der Waals surface area (Å²) in [4.78, 5) is 9.40. The van der Waals surface area contributed by atoms with Gasteiger partial charge in [0.25, 0.3) is 0 Å². The molecule has 4 rings (SSSR count). The van der Waals surface area contributed by atoms with E-state index in [-0.39, 0.29) is 0 Å². The van der Waals surface area contributed by atoms with Gasteiger partial charge in [-0.25, -0.2) is 4.98 Å². The molecule has 29 heavy (non-hydrogen) atoms. The van der Waals surface area contributed by atoms with Gasteiger partial charge in [0.05, 0.1) is 11.4 Å². The molecule has 0 unspecified atom stereocenters. The van der Waals surface area contributed by atoms with Gasteiger partial charge in [-0.1, -0.05) is 47.5 Å². The second-order valence-corrected chi connectivity index (χ2v) is 7.75. The van der Waals surface area contributed by atoms with Crippen LogP contribution in [0.5, 0.6) is 0 Å². The lowest BCUT2D eigenvalue weighted by Crippen LogP contribution is -2.03. The molecule has 3 nitrogen and oxygen atoms in total. The number of hydrogen-bond donors (Lipinski definition) is 0. The SMILES string of the molecule is CCn1c(-c2c(C)cc(C)cc2C)nc(-c2ccncc2)c1-c1ccc(C)cc1. The van der Waals surface area contributed by atoms with Crippen molar-refractivity contribution < 1.29 is 0 Å². The van der Waals surface area contributed by atoms with E-state index < -0.39 is 0 Å². The van der Waals surface area contributed by atoms with Gasteiger partial charge >= 0.3 is 0 Å². The van der Waals surface area contributed by atoms with Crippen LogP contribution in [0.1, 0.15) is 29.2 Å². The fraction of sp³-hybridized carbons (Fsp3) is 0.231. The summed E-state index contributed by atoms with van der Waals surface area (Å²) in [6, 6.07) is 17.3. The van der Waals surface area contributed by atoms with Crippen LogP contribution in [0.4, 0.5) is 0 Å². The van der Waals surface area contributed by atoms with Crippen LogP contribution in [-0.4, -0.2) is 14.5 Å². The van der Waals surface area contributed by atoms with E-state index in [2.05, 4.69) is 80.6 Å². The summed E-state index contributed by atoms with van der Waals surface area (Å²) in [6.07, 6.45) is 3.67. The van der Waals surface area contributed by atoms with E-state index in [1.807, 2.05) is 24.5 Å². The van der Waals surface area contributed by atoms with Crippen molar-refractivity contribution in [3.05, 3.63) is 83.2 Å². The summed E-state index contributed by atoms with van der Waals surface area (Å²) < 4.78 is 2.35. The molecule has 2 aromatic carbocycles. The van der Waals surface area contributed by atoms with Crippen LogP contribution in [0.15, 0.2) is 60.9 Å². The number of aryl methyl sites for hydroxylation is 4. The van der Waals surface area contributed by atoms with E-state index in [1.165, 1.54) is 33.4 Å². The molecular formula is C26H27N3. The molecule has 0 aliphatic rings. The highest BCUT2D eigenvalue weighted by molar-refractivity contribution is 5.83. The topological polar surface area (TPSA) is 30.7 Å². The van der Waals surface area contributed by atoms with E-state index >= 15 is 0 Å². The smallest absolute Gasteiger partial charge is 0.141 e. The van der Waals surface area contributed by atoms with E-state index in [4.69, 9.17) is 4.98 Å². The van der Waals surface area contributed by atoms with Crippen LogP contribution in [0.25, 0.3) is 33.9 Å². The summed E-state index contributed by atoms with van der Waals surface area (Å²) in [6.45, 7) is 11.7. The first-order chi connectivity index (χ1) is 14.0. The molecular weight excluding hydrogens is 354 g/mol. The van der Waals surface area contributed by atoms with Crippen molar-refractivity contribution in [2.75, 3.05) is 0 Å². The molecule has 0 amide bonds. The van der Waals surface area contributed by atoms with Gasteiger partial charge in [-0.2, -0.15) is 0 Å². The van der Waals surface area contributed by atoms with Gasteiger partial charge in [-0.3, -0.25) is 4.98 Å². The van der Waals surface area contributed by atoms with Gasteiger partial charge in [0.1, 0.15) is 5.82 Å². The lowest BCUT2D eigenvalue weighted by atomic mass is 9.99. The number of rotatable bonds is 4. The summed E-state index contributed by atoms with van der Waals surface area (Å²) in [5.74, 6) is 1.03. The predicted molar refractivity (Wildman–Crippen MR) is 121 cm³/mol. The van der Waals surface area contributed by atoms with Crippen LogP contribution in [-0.2, 0) is 6.54 Å². The number of pyridine rings is 1. The minimum absolute atomic E-state index is 0.851. The molecule has 4 aromatic rings. The molecule has 0 spiro atoms. The lowest BCUT2D eigenvalue weighted by Gasteiger charge is -2.15. The zero-order valence-corrected chi connectivity index (χ0v) is 17.8. The Kier molecular flexibility index (Phi) is 5.06. The zero-order chi connectivity index (χ0) is 20.5. The summed E-state index contributed by atoms with van der Waals surface area (Å²) in [5, 5.41) is 0. The summed E-state index contributed by atoms with van der Waals surface area (Å²) >= 11 is 0. The number of imidazole rings is 1. The highest BCUT2D eigenvalue weighted by atomic mass is 15.1. The second kappa shape index (κ2) is 7.67. The molecule has 2 heterocycles. The molecule has 0 saturated heterocycles. The highest BCUT2D eigenvalue weighted by Crippen LogP contribution is 2.38. The Balaban J connectivity index is 2.06. The molecule has 0 bridgehead atoms. The normalized spacial score (nSPS) is 11.1. The molecule has 0 radical (unpaired) electrons. The average molecular weight is 382 g/mol. The predicted octanol–water partition coefficient (Wildman–Crippen LogP) is 6.53. The van der Waals surface area contributed by atoms with Crippen molar-refractivity contribution in [1.82, 2.24) is 14.5 Å². The summed E-state index contributed by atoms with van der Waals surface area (Å²) in [5.41, 5.74) is 10.7. The Morgan fingerprint density at radius 2 is 1.38 bits per heavy atom. The van der Waals surface area contributed by atoms with Crippen LogP contribution in [0.3, 0.4) is 0 Å². The molecule has 0 saturated carbocycles. The zero-order valence-electron chi connectivity index (χ0n) is 17.8. The van der Waals surface area contributed by atoms with Crippen LogP contribution in [0.2, 0.25) is 0 Å².